The van der Waals surface area contributed by atoms with Crippen molar-refractivity contribution in [2.24, 2.45) is 17.8 Å². The molecule has 4 bridgehead atoms. The highest BCUT2D eigenvalue weighted by molar-refractivity contribution is 6.18. The molecule has 9 aromatic carbocycles. The van der Waals surface area contributed by atoms with E-state index in [1.54, 1.807) is 5.56 Å². The Kier molecular flexibility index (Phi) is 8.17. The fourth-order valence-electron chi connectivity index (χ4n) is 13.3. The Balaban J connectivity index is 0.818. The van der Waals surface area contributed by atoms with Gasteiger partial charge in [-0.3, -0.25) is 0 Å². The molecule has 2 aromatic heterocycles. The molecule has 0 amide bonds. The van der Waals surface area contributed by atoms with Gasteiger partial charge in [0.2, 0.25) is 0 Å². The summed E-state index contributed by atoms with van der Waals surface area (Å²) < 4.78 is 2.41. The first-order valence-corrected chi connectivity index (χ1v) is 23.6. The van der Waals surface area contributed by atoms with Crippen LogP contribution in [-0.2, 0) is 5.41 Å². The van der Waals surface area contributed by atoms with E-state index in [9.17, 15) is 0 Å². The summed E-state index contributed by atoms with van der Waals surface area (Å²) in [4.78, 5) is 10.5. The minimum absolute atomic E-state index is 0.407. The lowest BCUT2D eigenvalue weighted by atomic mass is 9.48. The smallest absolute Gasteiger partial charge is 0.160 e. The van der Waals surface area contributed by atoms with Crippen molar-refractivity contribution < 1.29 is 0 Å². The van der Waals surface area contributed by atoms with E-state index in [1.165, 1.54) is 104 Å². The minimum atomic E-state index is 0.407. The number of benzene rings is 9. The molecule has 15 rings (SSSR count). The Morgan fingerprint density at radius 3 is 1.69 bits per heavy atom. The van der Waals surface area contributed by atoms with E-state index >= 15 is 0 Å². The lowest BCUT2D eigenvalue weighted by molar-refractivity contribution is -0.00518. The van der Waals surface area contributed by atoms with Gasteiger partial charge in [-0.1, -0.05) is 158 Å². The maximum Gasteiger partial charge on any atom is 0.160 e. The topological polar surface area (TPSA) is 30.7 Å². The second-order valence-electron chi connectivity index (χ2n) is 19.6. The van der Waals surface area contributed by atoms with Gasteiger partial charge in [0.15, 0.2) is 5.82 Å². The Morgan fingerprint density at radius 2 is 0.985 bits per heavy atom. The third-order valence-electron chi connectivity index (χ3n) is 15.8. The number of fused-ring (bicyclic) bond motifs is 7. The average Bonchev–Trinajstić information content (AvgIpc) is 3.70. The standard InChI is InChI=1S/C62H47N3/c1-2-12-52-42(9-1)27-32-54-53-13-4-6-18-57(53)65(60(52)54)49-30-25-47(26-31-49)61-63-56-17-5-3-14-55(56)59(64-61)46-21-19-43(20-22-46)50-15-7-10-45-11-8-16-51(58(45)50)44-23-28-48(29-24-44)62-36-39-33-40(37-62)35-41(34-39)38-62/h1-32,39-41H,33-38H2. The number of hydrogen-bond acceptors (Lipinski definition) is 2. The summed E-state index contributed by atoms with van der Waals surface area (Å²) in [6.07, 6.45) is 8.63. The third kappa shape index (κ3) is 5.88. The summed E-state index contributed by atoms with van der Waals surface area (Å²) >= 11 is 0. The zero-order valence-electron chi connectivity index (χ0n) is 36.3. The average molecular weight is 834 g/mol. The monoisotopic (exact) mass is 833 g/mol. The molecule has 0 N–H and O–H groups in total. The van der Waals surface area contributed by atoms with E-state index in [4.69, 9.17) is 9.97 Å². The lowest BCUT2D eigenvalue weighted by Crippen LogP contribution is -2.48. The van der Waals surface area contributed by atoms with Gasteiger partial charge in [0.1, 0.15) is 0 Å². The van der Waals surface area contributed by atoms with Crippen LogP contribution in [0, 0.1) is 17.8 Å². The van der Waals surface area contributed by atoms with Gasteiger partial charge in [0, 0.05) is 38.4 Å². The Labute approximate surface area is 379 Å². The van der Waals surface area contributed by atoms with Gasteiger partial charge in [-0.15, -0.1) is 0 Å². The quantitative estimate of drug-likeness (QED) is 0.167. The van der Waals surface area contributed by atoms with Crippen molar-refractivity contribution in [1.82, 2.24) is 14.5 Å². The molecule has 0 radical (unpaired) electrons. The number of nitrogens with zero attached hydrogens (tertiary/aromatic N) is 3. The number of aromatic nitrogens is 3. The molecule has 0 saturated heterocycles. The summed E-state index contributed by atoms with van der Waals surface area (Å²) in [5.41, 5.74) is 14.5. The number of rotatable bonds is 6. The first-order valence-electron chi connectivity index (χ1n) is 23.6. The molecular weight excluding hydrogens is 787 g/mol. The summed E-state index contributed by atoms with van der Waals surface area (Å²) in [7, 11) is 0. The Morgan fingerprint density at radius 1 is 0.415 bits per heavy atom. The van der Waals surface area contributed by atoms with Crippen molar-refractivity contribution in [2.75, 3.05) is 0 Å². The van der Waals surface area contributed by atoms with E-state index in [-0.39, 0.29) is 0 Å². The van der Waals surface area contributed by atoms with Gasteiger partial charge in [-0.05, 0) is 142 Å². The van der Waals surface area contributed by atoms with Crippen LogP contribution >= 0.6 is 0 Å². The summed E-state index contributed by atoms with van der Waals surface area (Å²) in [6, 6.07) is 71.4. The van der Waals surface area contributed by atoms with Crippen molar-refractivity contribution in [3.05, 3.63) is 200 Å². The minimum Gasteiger partial charge on any atom is -0.309 e. The molecular formula is C62H47N3. The van der Waals surface area contributed by atoms with Crippen LogP contribution in [0.15, 0.2) is 194 Å². The van der Waals surface area contributed by atoms with Gasteiger partial charge < -0.3 is 4.57 Å². The number of para-hydroxylation sites is 2. The lowest BCUT2D eigenvalue weighted by Gasteiger charge is -2.57. The molecule has 4 saturated carbocycles. The van der Waals surface area contributed by atoms with Crippen molar-refractivity contribution in [3.8, 4) is 50.6 Å². The molecule has 3 nitrogen and oxygen atoms in total. The second-order valence-corrected chi connectivity index (χ2v) is 19.6. The van der Waals surface area contributed by atoms with Crippen LogP contribution < -0.4 is 0 Å². The highest BCUT2D eigenvalue weighted by Crippen LogP contribution is 2.61. The predicted octanol–water partition coefficient (Wildman–Crippen LogP) is 16.2. The molecule has 4 fully saturated rings. The van der Waals surface area contributed by atoms with Crippen LogP contribution in [0.3, 0.4) is 0 Å². The molecule has 0 aliphatic heterocycles. The SMILES string of the molecule is c1cc(-c2ccc(-c3nc(-c4ccc(-n5c6ccccc6c6ccc7ccccc7c65)cc4)nc4ccccc34)cc2)c2c(-c3ccc(C45CC6CC(CC(C6)C4)C5)cc3)cccc2c1. The maximum atomic E-state index is 5.33. The molecule has 0 spiro atoms. The maximum absolute atomic E-state index is 5.33. The van der Waals surface area contributed by atoms with Crippen molar-refractivity contribution in [3.63, 3.8) is 0 Å². The second kappa shape index (κ2) is 14.3. The van der Waals surface area contributed by atoms with Crippen LogP contribution in [0.4, 0.5) is 0 Å². The molecule has 310 valence electrons. The van der Waals surface area contributed by atoms with E-state index in [2.05, 4.69) is 199 Å². The fraction of sp³-hybridized carbons (Fsp3) is 0.161. The van der Waals surface area contributed by atoms with Crippen LogP contribution in [0.25, 0.3) is 105 Å². The molecule has 4 aliphatic carbocycles. The first-order chi connectivity index (χ1) is 32.1. The van der Waals surface area contributed by atoms with E-state index in [0.717, 1.165) is 57.0 Å². The molecule has 0 atom stereocenters. The molecule has 11 aromatic rings. The highest BCUT2D eigenvalue weighted by atomic mass is 15.0. The van der Waals surface area contributed by atoms with Gasteiger partial charge in [0.05, 0.1) is 22.2 Å². The van der Waals surface area contributed by atoms with Gasteiger partial charge in [-0.25, -0.2) is 9.97 Å². The molecule has 2 heterocycles. The van der Waals surface area contributed by atoms with E-state index in [1.807, 2.05) is 0 Å². The zero-order chi connectivity index (χ0) is 42.6. The van der Waals surface area contributed by atoms with Crippen molar-refractivity contribution >= 4 is 54.3 Å². The number of hydrogen-bond donors (Lipinski definition) is 0. The van der Waals surface area contributed by atoms with Gasteiger partial charge in [0.25, 0.3) is 0 Å². The third-order valence-corrected chi connectivity index (χ3v) is 15.8. The molecule has 4 aliphatic rings. The summed E-state index contributed by atoms with van der Waals surface area (Å²) in [6.45, 7) is 0. The zero-order valence-corrected chi connectivity index (χ0v) is 36.3. The van der Waals surface area contributed by atoms with Gasteiger partial charge in [-0.2, -0.15) is 0 Å². The fourth-order valence-corrected chi connectivity index (χ4v) is 13.3. The van der Waals surface area contributed by atoms with Crippen LogP contribution in [0.2, 0.25) is 0 Å². The van der Waals surface area contributed by atoms with E-state index in [0.29, 0.717) is 5.41 Å². The normalized spacial score (nSPS) is 20.2. The molecule has 65 heavy (non-hydrogen) atoms. The van der Waals surface area contributed by atoms with E-state index < -0.39 is 0 Å². The van der Waals surface area contributed by atoms with Crippen molar-refractivity contribution in [1.29, 1.82) is 0 Å². The Hall–Kier alpha value is -7.36. The summed E-state index contributed by atoms with van der Waals surface area (Å²) in [5, 5.41) is 8.60. The van der Waals surface area contributed by atoms with Crippen LogP contribution in [0.5, 0.6) is 0 Å². The molecule has 0 unspecified atom stereocenters. The molecule has 3 heteroatoms. The first kappa shape index (κ1) is 37.1. The summed E-state index contributed by atoms with van der Waals surface area (Å²) in [5.74, 6) is 3.55. The highest BCUT2D eigenvalue weighted by Gasteiger charge is 2.51. The van der Waals surface area contributed by atoms with Crippen molar-refractivity contribution in [2.45, 2.75) is 43.9 Å². The largest absolute Gasteiger partial charge is 0.309 e. The Bertz CT molecular complexity index is 3630. The predicted molar refractivity (Wildman–Crippen MR) is 270 cm³/mol. The van der Waals surface area contributed by atoms with Crippen LogP contribution in [-0.4, -0.2) is 14.5 Å². The van der Waals surface area contributed by atoms with Crippen LogP contribution in [0.1, 0.15) is 44.1 Å². The van der Waals surface area contributed by atoms with Gasteiger partial charge >= 0.3 is 0 Å².